The van der Waals surface area contributed by atoms with E-state index in [9.17, 15) is 8.42 Å². The fourth-order valence-electron chi connectivity index (χ4n) is 2.45. The summed E-state index contributed by atoms with van der Waals surface area (Å²) in [7, 11) is 1.18. The molecule has 0 aromatic carbocycles. The molecule has 0 aromatic heterocycles. The average Bonchev–Trinajstić information content (AvgIpc) is 2.25. The molecular formula is C11H24N2O2S. The Morgan fingerprint density at radius 1 is 1.31 bits per heavy atom. The third-order valence-corrected chi connectivity index (χ3v) is 4.41. The molecule has 0 aromatic rings. The van der Waals surface area contributed by atoms with Gasteiger partial charge < -0.3 is 10.2 Å². The molecular weight excluding hydrogens is 224 g/mol. The number of likely N-dealkylation sites (N-methyl/N-ethyl adjacent to an activating group) is 2. The van der Waals surface area contributed by atoms with Gasteiger partial charge >= 0.3 is 0 Å². The van der Waals surface area contributed by atoms with Gasteiger partial charge in [-0.05, 0) is 26.9 Å². The van der Waals surface area contributed by atoms with Crippen molar-refractivity contribution in [3.05, 3.63) is 0 Å². The molecule has 0 heterocycles. The van der Waals surface area contributed by atoms with E-state index in [-0.39, 0.29) is 5.75 Å². The fourth-order valence-corrected chi connectivity index (χ4v) is 3.07. The summed E-state index contributed by atoms with van der Waals surface area (Å²) in [6.45, 7) is 0.641. The first-order valence-electron chi connectivity index (χ1n) is 5.99. The standard InChI is InChI=1S/C11H24N2O2S/c1-12-10-6-4-5-7-11(10)13(2)8-9-16(3,14)15/h10-12H,4-9H2,1-3H3. The quantitative estimate of drug-likeness (QED) is 0.769. The monoisotopic (exact) mass is 248 g/mol. The van der Waals surface area contributed by atoms with E-state index in [4.69, 9.17) is 0 Å². The molecule has 1 aliphatic carbocycles. The summed E-state index contributed by atoms with van der Waals surface area (Å²) >= 11 is 0. The lowest BCUT2D eigenvalue weighted by Crippen LogP contribution is -2.50. The van der Waals surface area contributed by atoms with Crippen LogP contribution in [-0.2, 0) is 9.84 Å². The summed E-state index contributed by atoms with van der Waals surface area (Å²) in [5.41, 5.74) is 0. The van der Waals surface area contributed by atoms with Gasteiger partial charge in [-0.15, -0.1) is 0 Å². The molecule has 1 saturated carbocycles. The van der Waals surface area contributed by atoms with Crippen LogP contribution in [0.2, 0.25) is 0 Å². The molecule has 1 fully saturated rings. The zero-order chi connectivity index (χ0) is 12.2. The van der Waals surface area contributed by atoms with E-state index in [0.717, 1.165) is 0 Å². The van der Waals surface area contributed by atoms with Crippen LogP contribution in [0.3, 0.4) is 0 Å². The van der Waals surface area contributed by atoms with Crippen molar-refractivity contribution in [2.24, 2.45) is 0 Å². The Labute approximate surface area is 99.3 Å². The van der Waals surface area contributed by atoms with Crippen LogP contribution in [0.1, 0.15) is 25.7 Å². The smallest absolute Gasteiger partial charge is 0.148 e. The molecule has 0 saturated heterocycles. The second-order valence-corrected chi connectivity index (χ2v) is 7.12. The minimum atomic E-state index is -2.84. The van der Waals surface area contributed by atoms with Crippen LogP contribution in [0.4, 0.5) is 0 Å². The fraction of sp³-hybridized carbons (Fsp3) is 1.00. The molecule has 1 N–H and O–H groups in total. The van der Waals surface area contributed by atoms with Gasteiger partial charge in [0.05, 0.1) is 5.75 Å². The number of sulfone groups is 1. The van der Waals surface area contributed by atoms with Crippen LogP contribution in [0.15, 0.2) is 0 Å². The van der Waals surface area contributed by atoms with Crippen LogP contribution in [0.5, 0.6) is 0 Å². The molecule has 4 nitrogen and oxygen atoms in total. The summed E-state index contributed by atoms with van der Waals surface area (Å²) in [5, 5.41) is 3.34. The predicted molar refractivity (Wildman–Crippen MR) is 67.4 cm³/mol. The van der Waals surface area contributed by atoms with Crippen molar-refractivity contribution in [3.63, 3.8) is 0 Å². The normalized spacial score (nSPS) is 27.2. The summed E-state index contributed by atoms with van der Waals surface area (Å²) < 4.78 is 22.3. The zero-order valence-electron chi connectivity index (χ0n) is 10.6. The van der Waals surface area contributed by atoms with E-state index in [0.29, 0.717) is 18.6 Å². The molecule has 5 heteroatoms. The molecule has 2 unspecified atom stereocenters. The van der Waals surface area contributed by atoms with E-state index in [1.807, 2.05) is 14.1 Å². The minimum absolute atomic E-state index is 0.260. The van der Waals surface area contributed by atoms with Crippen molar-refractivity contribution in [1.29, 1.82) is 0 Å². The van der Waals surface area contributed by atoms with Gasteiger partial charge in [0, 0.05) is 24.9 Å². The van der Waals surface area contributed by atoms with Crippen molar-refractivity contribution in [1.82, 2.24) is 10.2 Å². The molecule has 0 aliphatic heterocycles. The van der Waals surface area contributed by atoms with Gasteiger partial charge in [-0.2, -0.15) is 0 Å². The summed E-state index contributed by atoms with van der Waals surface area (Å²) in [5.74, 6) is 0.260. The molecule has 1 rings (SSSR count). The summed E-state index contributed by atoms with van der Waals surface area (Å²) in [6, 6.07) is 0.999. The maximum atomic E-state index is 11.1. The van der Waals surface area contributed by atoms with Crippen LogP contribution in [0, 0.1) is 0 Å². The van der Waals surface area contributed by atoms with Gasteiger partial charge in [-0.3, -0.25) is 0 Å². The molecule has 0 bridgehead atoms. The SMILES string of the molecule is CNC1CCCCC1N(C)CCS(C)(=O)=O. The van der Waals surface area contributed by atoms with Crippen molar-refractivity contribution < 1.29 is 8.42 Å². The van der Waals surface area contributed by atoms with Crippen LogP contribution < -0.4 is 5.32 Å². The Bertz CT molecular complexity index is 303. The number of hydrogen-bond donors (Lipinski definition) is 1. The molecule has 0 radical (unpaired) electrons. The third kappa shape index (κ3) is 4.39. The van der Waals surface area contributed by atoms with E-state index in [1.54, 1.807) is 0 Å². The highest BCUT2D eigenvalue weighted by molar-refractivity contribution is 7.90. The number of nitrogens with one attached hydrogen (secondary N) is 1. The number of nitrogens with zero attached hydrogens (tertiary/aromatic N) is 1. The lowest BCUT2D eigenvalue weighted by molar-refractivity contribution is 0.161. The first kappa shape index (κ1) is 13.9. The van der Waals surface area contributed by atoms with Crippen LogP contribution in [0.25, 0.3) is 0 Å². The molecule has 96 valence electrons. The van der Waals surface area contributed by atoms with Gasteiger partial charge in [0.1, 0.15) is 9.84 Å². The van der Waals surface area contributed by atoms with E-state index >= 15 is 0 Å². The Morgan fingerprint density at radius 3 is 2.50 bits per heavy atom. The second kappa shape index (κ2) is 5.98. The van der Waals surface area contributed by atoms with Gasteiger partial charge in [0.15, 0.2) is 0 Å². The van der Waals surface area contributed by atoms with Crippen LogP contribution >= 0.6 is 0 Å². The lowest BCUT2D eigenvalue weighted by Gasteiger charge is -2.37. The predicted octanol–water partition coefficient (Wildman–Crippen LogP) is 0.493. The molecule has 16 heavy (non-hydrogen) atoms. The molecule has 1 aliphatic rings. The third-order valence-electron chi connectivity index (χ3n) is 3.48. The van der Waals surface area contributed by atoms with Gasteiger partial charge in [0.2, 0.25) is 0 Å². The highest BCUT2D eigenvalue weighted by atomic mass is 32.2. The van der Waals surface area contributed by atoms with E-state index in [1.165, 1.54) is 31.9 Å². The number of rotatable bonds is 5. The lowest BCUT2D eigenvalue weighted by atomic mass is 9.89. The molecule has 0 amide bonds. The molecule has 2 atom stereocenters. The highest BCUT2D eigenvalue weighted by Gasteiger charge is 2.27. The Hall–Kier alpha value is -0.130. The first-order chi connectivity index (χ1) is 7.44. The Balaban J connectivity index is 2.47. The van der Waals surface area contributed by atoms with E-state index in [2.05, 4.69) is 10.2 Å². The second-order valence-electron chi connectivity index (χ2n) is 4.86. The molecule has 0 spiro atoms. The maximum absolute atomic E-state index is 11.1. The zero-order valence-corrected chi connectivity index (χ0v) is 11.4. The first-order valence-corrected chi connectivity index (χ1v) is 8.05. The van der Waals surface area contributed by atoms with Crippen molar-refractivity contribution >= 4 is 9.84 Å². The Morgan fingerprint density at radius 2 is 1.94 bits per heavy atom. The topological polar surface area (TPSA) is 49.4 Å². The van der Waals surface area contributed by atoms with Gasteiger partial charge in [-0.1, -0.05) is 12.8 Å². The van der Waals surface area contributed by atoms with E-state index < -0.39 is 9.84 Å². The van der Waals surface area contributed by atoms with Crippen LogP contribution in [-0.4, -0.2) is 58.1 Å². The van der Waals surface area contributed by atoms with Gasteiger partial charge in [0.25, 0.3) is 0 Å². The van der Waals surface area contributed by atoms with Gasteiger partial charge in [-0.25, -0.2) is 8.42 Å². The van der Waals surface area contributed by atoms with Crippen molar-refractivity contribution in [3.8, 4) is 0 Å². The minimum Gasteiger partial charge on any atom is -0.315 e. The average molecular weight is 248 g/mol. The van der Waals surface area contributed by atoms with Crippen molar-refractivity contribution in [2.45, 2.75) is 37.8 Å². The van der Waals surface area contributed by atoms with Crippen molar-refractivity contribution in [2.75, 3.05) is 32.6 Å². The summed E-state index contributed by atoms with van der Waals surface area (Å²) in [6.07, 6.45) is 6.21. The summed E-state index contributed by atoms with van der Waals surface area (Å²) in [4.78, 5) is 2.20. The number of hydrogen-bond acceptors (Lipinski definition) is 4. The Kier molecular flexibility index (Phi) is 5.21. The largest absolute Gasteiger partial charge is 0.315 e. The maximum Gasteiger partial charge on any atom is 0.148 e. The highest BCUT2D eigenvalue weighted by Crippen LogP contribution is 2.22.